The summed E-state index contributed by atoms with van der Waals surface area (Å²) in [7, 11) is 0. The molecule has 0 aliphatic carbocycles. The summed E-state index contributed by atoms with van der Waals surface area (Å²) in [6.07, 6.45) is -0.730. The molecule has 5 heteroatoms. The Morgan fingerprint density at radius 2 is 1.77 bits per heavy atom. The third-order valence-electron chi connectivity index (χ3n) is 3.28. The van der Waals surface area contributed by atoms with Crippen molar-refractivity contribution in [3.63, 3.8) is 0 Å². The zero-order valence-electron chi connectivity index (χ0n) is 12.0. The zero-order valence-corrected chi connectivity index (χ0v) is 12.8. The van der Waals surface area contributed by atoms with Crippen molar-refractivity contribution in [3.05, 3.63) is 77.4 Å². The quantitative estimate of drug-likeness (QED) is 0.876. The van der Waals surface area contributed by atoms with Gasteiger partial charge in [-0.2, -0.15) is 0 Å². The van der Waals surface area contributed by atoms with Gasteiger partial charge in [-0.15, -0.1) is 0 Å². The van der Waals surface area contributed by atoms with E-state index in [-0.39, 0.29) is 17.4 Å². The van der Waals surface area contributed by atoms with Gasteiger partial charge in [0.1, 0.15) is 0 Å². The van der Waals surface area contributed by atoms with Crippen LogP contribution in [-0.2, 0) is 13.7 Å². The lowest BCUT2D eigenvalue weighted by Gasteiger charge is -2.09. The molecule has 112 valence electrons. The molecule has 1 aliphatic heterocycles. The van der Waals surface area contributed by atoms with Crippen LogP contribution in [0.15, 0.2) is 71.1 Å². The Labute approximate surface area is 133 Å². The number of Topliss-reactive ketones (excluding diaryl/α,β-unsaturated/α-hetero) is 1. The molecule has 1 heterocycles. The van der Waals surface area contributed by atoms with Crippen molar-refractivity contribution in [1.82, 2.24) is 0 Å². The van der Waals surface area contributed by atoms with E-state index in [1.807, 2.05) is 61.5 Å². The van der Waals surface area contributed by atoms with Crippen LogP contribution in [0.25, 0.3) is 0 Å². The average Bonchev–Trinajstić information content (AvgIpc) is 2.82. The van der Waals surface area contributed by atoms with Gasteiger partial charge in [0, 0.05) is 10.5 Å². The minimum absolute atomic E-state index is 0.0269. The summed E-state index contributed by atoms with van der Waals surface area (Å²) >= 11 is 1.09. The van der Waals surface area contributed by atoms with Crippen molar-refractivity contribution in [3.8, 4) is 0 Å². The number of hydrogen-bond acceptors (Lipinski definition) is 5. The second-order valence-electron chi connectivity index (χ2n) is 4.95. The molecule has 3 rings (SSSR count). The molecule has 2 N–H and O–H groups in total. The smallest absolute Gasteiger partial charge is 0.249 e. The molecule has 0 saturated heterocycles. The first-order valence-corrected chi connectivity index (χ1v) is 7.56. The van der Waals surface area contributed by atoms with Gasteiger partial charge in [0.15, 0.2) is 6.10 Å². The summed E-state index contributed by atoms with van der Waals surface area (Å²) in [4.78, 5) is 13.3. The fourth-order valence-corrected chi connectivity index (χ4v) is 2.70. The highest BCUT2D eigenvalue weighted by Crippen LogP contribution is 2.34. The lowest BCUT2D eigenvalue weighted by atomic mass is 10.0. The predicted octanol–water partition coefficient (Wildman–Crippen LogP) is 3.49. The molecule has 4 nitrogen and oxygen atoms in total. The molecule has 0 radical (unpaired) electrons. The topological polar surface area (TPSA) is 61.6 Å². The lowest BCUT2D eigenvalue weighted by molar-refractivity contribution is -0.122. The molecule has 1 atom stereocenters. The number of ether oxygens (including phenoxy) is 1. The van der Waals surface area contributed by atoms with Crippen LogP contribution >= 0.6 is 12.0 Å². The van der Waals surface area contributed by atoms with Crippen LogP contribution < -0.4 is 5.73 Å². The van der Waals surface area contributed by atoms with E-state index in [0.29, 0.717) is 0 Å². The summed E-state index contributed by atoms with van der Waals surface area (Å²) in [5.41, 5.74) is 7.67. The SMILES string of the molecule is Cc1ccc(C2OC(N)=C(OSc3ccccc3)C2=O)cc1. The maximum absolute atomic E-state index is 12.4. The molecule has 0 amide bonds. The van der Waals surface area contributed by atoms with E-state index in [2.05, 4.69) is 0 Å². The van der Waals surface area contributed by atoms with Gasteiger partial charge in [0.25, 0.3) is 0 Å². The summed E-state index contributed by atoms with van der Waals surface area (Å²) in [5.74, 6) is -0.164. The Bertz CT molecular complexity index is 710. The molecule has 0 aromatic heterocycles. The first kappa shape index (κ1) is 14.5. The molecular weight excluding hydrogens is 298 g/mol. The van der Waals surface area contributed by atoms with Crippen LogP contribution in [0.3, 0.4) is 0 Å². The van der Waals surface area contributed by atoms with E-state index in [0.717, 1.165) is 28.1 Å². The monoisotopic (exact) mass is 313 g/mol. The molecular formula is C17H15NO3S. The van der Waals surface area contributed by atoms with Crippen LogP contribution in [0.5, 0.6) is 0 Å². The Balaban J connectivity index is 1.72. The Hall–Kier alpha value is -2.40. The number of carbonyl (C=O) groups excluding carboxylic acids is 1. The van der Waals surface area contributed by atoms with Crippen molar-refractivity contribution >= 4 is 17.8 Å². The van der Waals surface area contributed by atoms with Crippen LogP contribution in [0.1, 0.15) is 17.2 Å². The van der Waals surface area contributed by atoms with Gasteiger partial charge in [-0.1, -0.05) is 48.0 Å². The van der Waals surface area contributed by atoms with Gasteiger partial charge in [-0.05, 0) is 19.1 Å². The summed E-state index contributed by atoms with van der Waals surface area (Å²) in [6, 6.07) is 17.1. The molecule has 22 heavy (non-hydrogen) atoms. The number of nitrogens with two attached hydrogens (primary N) is 1. The van der Waals surface area contributed by atoms with Crippen LogP contribution in [0.2, 0.25) is 0 Å². The number of aryl methyl sites for hydroxylation is 1. The van der Waals surface area contributed by atoms with Gasteiger partial charge in [-0.3, -0.25) is 4.79 Å². The van der Waals surface area contributed by atoms with E-state index in [9.17, 15) is 4.79 Å². The van der Waals surface area contributed by atoms with E-state index in [4.69, 9.17) is 14.7 Å². The maximum Gasteiger partial charge on any atom is 0.249 e. The van der Waals surface area contributed by atoms with Crippen molar-refractivity contribution in [2.75, 3.05) is 0 Å². The Kier molecular flexibility index (Phi) is 4.06. The number of carbonyl (C=O) groups is 1. The normalized spacial score (nSPS) is 17.5. The second-order valence-corrected chi connectivity index (χ2v) is 5.75. The Morgan fingerprint density at radius 1 is 1.09 bits per heavy atom. The molecule has 0 spiro atoms. The van der Waals surface area contributed by atoms with Gasteiger partial charge in [0.05, 0.1) is 12.0 Å². The number of benzene rings is 2. The fraction of sp³-hybridized carbons (Fsp3) is 0.118. The number of hydrogen-bond donors (Lipinski definition) is 1. The van der Waals surface area contributed by atoms with Crippen LogP contribution in [-0.4, -0.2) is 5.78 Å². The average molecular weight is 313 g/mol. The first-order valence-electron chi connectivity index (χ1n) is 6.82. The lowest BCUT2D eigenvalue weighted by Crippen LogP contribution is -2.10. The highest BCUT2D eigenvalue weighted by molar-refractivity contribution is 7.94. The van der Waals surface area contributed by atoms with Gasteiger partial charge in [0.2, 0.25) is 17.4 Å². The molecule has 0 saturated carbocycles. The zero-order chi connectivity index (χ0) is 15.5. The molecule has 0 bridgehead atoms. The predicted molar refractivity (Wildman–Crippen MR) is 84.6 cm³/mol. The van der Waals surface area contributed by atoms with Gasteiger partial charge in [-0.25, -0.2) is 0 Å². The number of ketones is 1. The van der Waals surface area contributed by atoms with E-state index < -0.39 is 6.10 Å². The van der Waals surface area contributed by atoms with E-state index in [1.165, 1.54) is 0 Å². The van der Waals surface area contributed by atoms with E-state index >= 15 is 0 Å². The molecule has 2 aromatic rings. The largest absolute Gasteiger partial charge is 0.460 e. The highest BCUT2D eigenvalue weighted by Gasteiger charge is 2.37. The minimum atomic E-state index is -0.730. The molecule has 1 unspecified atom stereocenters. The molecule has 1 aliphatic rings. The molecule has 0 fully saturated rings. The third-order valence-corrected chi connectivity index (χ3v) is 3.99. The Morgan fingerprint density at radius 3 is 2.45 bits per heavy atom. The fourth-order valence-electron chi connectivity index (χ4n) is 2.08. The summed E-state index contributed by atoms with van der Waals surface area (Å²) < 4.78 is 11.0. The minimum Gasteiger partial charge on any atom is -0.460 e. The van der Waals surface area contributed by atoms with Crippen LogP contribution in [0, 0.1) is 6.92 Å². The van der Waals surface area contributed by atoms with Crippen molar-refractivity contribution in [2.45, 2.75) is 17.9 Å². The van der Waals surface area contributed by atoms with Crippen LogP contribution in [0.4, 0.5) is 0 Å². The highest BCUT2D eigenvalue weighted by atomic mass is 32.2. The van der Waals surface area contributed by atoms with E-state index in [1.54, 1.807) is 0 Å². The van der Waals surface area contributed by atoms with Gasteiger partial charge < -0.3 is 14.7 Å². The van der Waals surface area contributed by atoms with Crippen molar-refractivity contribution in [2.24, 2.45) is 5.73 Å². The second kappa shape index (κ2) is 6.15. The first-order chi connectivity index (χ1) is 10.6. The number of rotatable bonds is 4. The summed E-state index contributed by atoms with van der Waals surface area (Å²) in [6.45, 7) is 1.98. The third kappa shape index (κ3) is 2.94. The standard InChI is InChI=1S/C17H15NO3S/c1-11-7-9-12(10-8-11)15-14(19)16(17(18)20-15)21-22-13-5-3-2-4-6-13/h2-10,15H,18H2,1H3. The van der Waals surface area contributed by atoms with Crippen molar-refractivity contribution in [1.29, 1.82) is 0 Å². The van der Waals surface area contributed by atoms with Gasteiger partial charge >= 0.3 is 0 Å². The maximum atomic E-state index is 12.4. The van der Waals surface area contributed by atoms with Crippen molar-refractivity contribution < 1.29 is 13.7 Å². The summed E-state index contributed by atoms with van der Waals surface area (Å²) in [5, 5.41) is 0. The molecule has 2 aromatic carbocycles.